The molecule has 0 heterocycles. The van der Waals surface area contributed by atoms with Gasteiger partial charge in [0.25, 0.3) is 0 Å². The summed E-state index contributed by atoms with van der Waals surface area (Å²) >= 11 is 0. The number of allylic oxidation sites excluding steroid dienone is 1. The molecule has 9 atom stereocenters. The van der Waals surface area contributed by atoms with E-state index in [1.807, 2.05) is 6.92 Å². The van der Waals surface area contributed by atoms with E-state index >= 15 is 0 Å². The number of nitrogens with zero attached hydrogens (tertiary/aromatic N) is 1. The van der Waals surface area contributed by atoms with Gasteiger partial charge in [-0.3, -0.25) is 0 Å². The van der Waals surface area contributed by atoms with E-state index in [1.54, 1.807) is 6.07 Å². The van der Waals surface area contributed by atoms with Crippen LogP contribution in [0.5, 0.6) is 0 Å². The van der Waals surface area contributed by atoms with Crippen molar-refractivity contribution in [3.8, 4) is 6.07 Å². The maximum atomic E-state index is 11.5. The Labute approximate surface area is 200 Å². The second kappa shape index (κ2) is 9.55. The summed E-state index contributed by atoms with van der Waals surface area (Å²) in [4.78, 5) is 22.5. The average Bonchev–Trinajstić information content (AvgIpc) is 3.16. The molecule has 3 saturated carbocycles. The number of hydrogen-bond donors (Lipinski definition) is 0. The summed E-state index contributed by atoms with van der Waals surface area (Å²) in [7, 11) is 0. The van der Waals surface area contributed by atoms with Crippen LogP contribution in [0.1, 0.15) is 98.3 Å². The summed E-state index contributed by atoms with van der Waals surface area (Å²) < 4.78 is 5.39. The van der Waals surface area contributed by atoms with E-state index in [4.69, 9.17) is 10.00 Å². The number of ether oxygens (including phenoxy) is 1. The van der Waals surface area contributed by atoms with Gasteiger partial charge in [0.1, 0.15) is 12.4 Å². The summed E-state index contributed by atoms with van der Waals surface area (Å²) in [5.74, 6) is 3.36. The van der Waals surface area contributed by atoms with Gasteiger partial charge >= 0.3 is 5.97 Å². The molecule has 0 amide bonds. The number of rotatable bonds is 7. The van der Waals surface area contributed by atoms with Crippen LogP contribution in [0.2, 0.25) is 0 Å². The van der Waals surface area contributed by atoms with Gasteiger partial charge in [0.15, 0.2) is 6.07 Å². The Morgan fingerprint density at radius 2 is 1.97 bits per heavy atom. The van der Waals surface area contributed by atoms with E-state index in [9.17, 15) is 9.59 Å². The van der Waals surface area contributed by atoms with Gasteiger partial charge in [-0.25, -0.2) is 4.79 Å². The highest BCUT2D eigenvalue weighted by Crippen LogP contribution is 2.67. The summed E-state index contributed by atoms with van der Waals surface area (Å²) in [5.41, 5.74) is 2.17. The number of esters is 1. The highest BCUT2D eigenvalue weighted by molar-refractivity contribution is 5.85. The van der Waals surface area contributed by atoms with Gasteiger partial charge < -0.3 is 9.53 Å². The Morgan fingerprint density at radius 1 is 1.18 bits per heavy atom. The van der Waals surface area contributed by atoms with Crippen LogP contribution in [0.15, 0.2) is 11.6 Å². The number of carbonyl (C=O) groups is 2. The number of carbonyl (C=O) groups excluding carboxylic acids is 2. The second-order valence-corrected chi connectivity index (χ2v) is 12.4. The highest BCUT2D eigenvalue weighted by atomic mass is 16.5. The number of aldehydes is 1. The van der Waals surface area contributed by atoms with Crippen molar-refractivity contribution in [2.75, 3.05) is 0 Å². The normalized spacial score (nSPS) is 41.4. The van der Waals surface area contributed by atoms with Crippen molar-refractivity contribution in [2.24, 2.45) is 46.3 Å². The van der Waals surface area contributed by atoms with E-state index in [0.717, 1.165) is 61.6 Å². The fourth-order valence-corrected chi connectivity index (χ4v) is 8.91. The van der Waals surface area contributed by atoms with Crippen molar-refractivity contribution in [3.05, 3.63) is 11.6 Å². The molecule has 0 radical (unpaired) electrons. The van der Waals surface area contributed by atoms with Crippen LogP contribution in [0.25, 0.3) is 0 Å². The summed E-state index contributed by atoms with van der Waals surface area (Å²) in [6, 6.07) is 1.61. The molecule has 4 rings (SSSR count). The van der Waals surface area contributed by atoms with Crippen molar-refractivity contribution >= 4 is 12.3 Å². The van der Waals surface area contributed by atoms with E-state index in [1.165, 1.54) is 50.5 Å². The Morgan fingerprint density at radius 3 is 2.70 bits per heavy atom. The average molecular weight is 454 g/mol. The third kappa shape index (κ3) is 4.42. The van der Waals surface area contributed by atoms with Crippen LogP contribution >= 0.6 is 0 Å². The highest BCUT2D eigenvalue weighted by Gasteiger charge is 2.59. The van der Waals surface area contributed by atoms with Gasteiger partial charge in [0.2, 0.25) is 0 Å². The molecule has 1 unspecified atom stereocenters. The minimum atomic E-state index is -0.738. The molecule has 0 saturated heterocycles. The molecule has 4 heteroatoms. The molecule has 4 nitrogen and oxygen atoms in total. The minimum absolute atomic E-state index is 0.125. The first kappa shape index (κ1) is 24.5. The van der Waals surface area contributed by atoms with Crippen molar-refractivity contribution in [1.82, 2.24) is 0 Å². The first-order chi connectivity index (χ1) is 15.7. The Hall–Kier alpha value is -1.63. The molecular weight excluding hydrogens is 410 g/mol. The Balaban J connectivity index is 1.44. The fourth-order valence-electron chi connectivity index (χ4n) is 8.91. The lowest BCUT2D eigenvalue weighted by molar-refractivity contribution is -0.144. The van der Waals surface area contributed by atoms with Crippen LogP contribution < -0.4 is 0 Å². The summed E-state index contributed by atoms with van der Waals surface area (Å²) in [5, 5.41) is 8.80. The van der Waals surface area contributed by atoms with Gasteiger partial charge in [-0.2, -0.15) is 5.26 Å². The Bertz CT molecular complexity index is 827. The van der Waals surface area contributed by atoms with Crippen LogP contribution in [0, 0.1) is 57.7 Å². The SMILES string of the molecule is CC(C=O)CCC[C@@H](C)[C@H]1CC[C@H]2[C@@H]3CC=C4C[C@@H](OC(=O)C#N)CC[C@]4(C)[C@H]3CC[C@]12C. The first-order valence-corrected chi connectivity index (χ1v) is 13.5. The molecule has 3 fully saturated rings. The van der Waals surface area contributed by atoms with Gasteiger partial charge in [0.05, 0.1) is 0 Å². The van der Waals surface area contributed by atoms with Crippen molar-refractivity contribution in [3.63, 3.8) is 0 Å². The third-order valence-corrected chi connectivity index (χ3v) is 10.7. The van der Waals surface area contributed by atoms with Crippen molar-refractivity contribution in [2.45, 2.75) is 104 Å². The molecule has 182 valence electrons. The number of hydrogen-bond acceptors (Lipinski definition) is 4. The van der Waals surface area contributed by atoms with Gasteiger partial charge in [-0.15, -0.1) is 0 Å². The van der Waals surface area contributed by atoms with Gasteiger partial charge in [-0.05, 0) is 91.8 Å². The quantitative estimate of drug-likeness (QED) is 0.187. The smallest absolute Gasteiger partial charge is 0.411 e. The zero-order valence-corrected chi connectivity index (χ0v) is 21.1. The first-order valence-electron chi connectivity index (χ1n) is 13.5. The molecule has 0 aliphatic heterocycles. The largest absolute Gasteiger partial charge is 0.451 e. The maximum absolute atomic E-state index is 11.5. The standard InChI is InChI=1S/C29H43NO3/c1-19(18-31)6-5-7-20(2)24-10-11-25-23-9-8-21-16-22(33-27(32)17-30)12-14-28(21,3)26(23)13-15-29(24,25)4/h8,18-20,22-26H,5-7,9-16H2,1-4H3/t19?,20-,22+,23+,24-,25+,26+,28+,29-/m1/s1. The van der Waals surface area contributed by atoms with Crippen LogP contribution in [0.3, 0.4) is 0 Å². The molecule has 0 aromatic carbocycles. The monoisotopic (exact) mass is 453 g/mol. The van der Waals surface area contributed by atoms with E-state index in [-0.39, 0.29) is 17.4 Å². The molecular formula is C29H43NO3. The van der Waals surface area contributed by atoms with Gasteiger partial charge in [-0.1, -0.05) is 52.2 Å². The van der Waals surface area contributed by atoms with Crippen molar-refractivity contribution in [1.29, 1.82) is 5.26 Å². The fraction of sp³-hybridized carbons (Fsp3) is 0.828. The third-order valence-electron chi connectivity index (χ3n) is 10.7. The van der Waals surface area contributed by atoms with Crippen LogP contribution in [-0.4, -0.2) is 18.4 Å². The Kier molecular flexibility index (Phi) is 7.09. The lowest BCUT2D eigenvalue weighted by Gasteiger charge is -2.58. The molecule has 0 aromatic rings. The molecule has 33 heavy (non-hydrogen) atoms. The number of nitriles is 1. The zero-order chi connectivity index (χ0) is 23.8. The van der Waals surface area contributed by atoms with Gasteiger partial charge in [0, 0.05) is 12.3 Å². The van der Waals surface area contributed by atoms with E-state index in [0.29, 0.717) is 5.41 Å². The van der Waals surface area contributed by atoms with Crippen LogP contribution in [-0.2, 0) is 14.3 Å². The van der Waals surface area contributed by atoms with E-state index < -0.39 is 5.97 Å². The summed E-state index contributed by atoms with van der Waals surface area (Å²) in [6.07, 6.45) is 16.3. The summed E-state index contributed by atoms with van der Waals surface area (Å²) in [6.45, 7) is 9.60. The van der Waals surface area contributed by atoms with Crippen LogP contribution in [0.4, 0.5) is 0 Å². The molecule has 0 spiro atoms. The predicted octanol–water partition coefficient (Wildman–Crippen LogP) is 6.64. The molecule has 0 aromatic heterocycles. The van der Waals surface area contributed by atoms with E-state index in [2.05, 4.69) is 26.8 Å². The lowest BCUT2D eigenvalue weighted by atomic mass is 9.47. The molecule has 0 bridgehead atoms. The molecule has 0 N–H and O–H groups in total. The maximum Gasteiger partial charge on any atom is 0.411 e. The van der Waals surface area contributed by atoms with Crippen molar-refractivity contribution < 1.29 is 14.3 Å². The minimum Gasteiger partial charge on any atom is -0.451 e. The molecule has 4 aliphatic rings. The number of fused-ring (bicyclic) bond motifs is 5. The zero-order valence-electron chi connectivity index (χ0n) is 21.1. The molecule has 4 aliphatic carbocycles. The lowest BCUT2D eigenvalue weighted by Crippen LogP contribution is -2.51. The predicted molar refractivity (Wildman–Crippen MR) is 129 cm³/mol. The second-order valence-electron chi connectivity index (χ2n) is 12.4. The topological polar surface area (TPSA) is 67.2 Å².